The van der Waals surface area contributed by atoms with Gasteiger partial charge in [-0.3, -0.25) is 0 Å². The molecule has 19 rings (SSSR count). The summed E-state index contributed by atoms with van der Waals surface area (Å²) in [4.78, 5) is 4.54. The Morgan fingerprint density at radius 3 is 1.09 bits per heavy atom. The van der Waals surface area contributed by atoms with Gasteiger partial charge in [0.05, 0.1) is 45.8 Å². The zero-order valence-corrected chi connectivity index (χ0v) is 46.0. The molecule has 0 saturated carbocycles. The predicted octanol–water partition coefficient (Wildman–Crippen LogP) is 19.2. The first-order chi connectivity index (χ1) is 37.6. The lowest BCUT2D eigenvalue weighted by atomic mass is 9.59. The standard InChI is InChI=1S/C74H58N4/c1-35(2)55-65-51-32-39(74(8,9)10)30-49-63-54(33-52(76-11)66-59-42-22-14-18-26-46(42)61(68(63)66)47-27-19-15-23-43(47)59)78(70(49)51)72(65)56(36(3)4)64-50-31-38(73(5,6)7)29-48-62-53(77(69(48)50)71(55)64)28-37(34-75)57-58-40-20-12-16-24-44(40)60(67(57)62)45-25-17-13-21-41(45)58/h12-33,35-36,58-61H,1-10H3. The first-order valence-corrected chi connectivity index (χ1v) is 28.4. The summed E-state index contributed by atoms with van der Waals surface area (Å²) in [6, 6.07) is 53.8. The van der Waals surface area contributed by atoms with Crippen molar-refractivity contribution in [3.63, 3.8) is 0 Å². The molecule has 0 aliphatic heterocycles. The summed E-state index contributed by atoms with van der Waals surface area (Å²) in [5.74, 6) is 0.222. The van der Waals surface area contributed by atoms with Crippen molar-refractivity contribution in [1.82, 2.24) is 8.80 Å². The fraction of sp³-hybridized carbons (Fsp3) is 0.243. The van der Waals surface area contributed by atoms with Crippen LogP contribution in [0.1, 0.15) is 199 Å². The van der Waals surface area contributed by atoms with Gasteiger partial charge in [0.1, 0.15) is 0 Å². The lowest BCUT2D eigenvalue weighted by Crippen LogP contribution is -2.28. The van der Waals surface area contributed by atoms with Crippen LogP contribution in [0.25, 0.3) is 81.0 Å². The highest BCUT2D eigenvalue weighted by Crippen LogP contribution is 2.64. The average Bonchev–Trinajstić information content (AvgIpc) is 4.35. The van der Waals surface area contributed by atoms with E-state index in [0.717, 1.165) is 22.3 Å². The third kappa shape index (κ3) is 5.05. The number of nitrogens with zero attached hydrogens (tertiary/aromatic N) is 4. The van der Waals surface area contributed by atoms with Gasteiger partial charge in [-0.25, -0.2) is 4.85 Å². The maximum Gasteiger partial charge on any atom is 0.193 e. The Labute approximate surface area is 454 Å². The predicted molar refractivity (Wildman–Crippen MR) is 322 cm³/mol. The molecular weight excluding hydrogens is 945 g/mol. The average molecular weight is 1000 g/mol. The second-order valence-corrected chi connectivity index (χ2v) is 26.3. The topological polar surface area (TPSA) is 37.0 Å². The molecule has 374 valence electrons. The molecule has 0 atom stereocenters. The SMILES string of the molecule is [C-]#[N+]c1cc2c(c3c1C1c4ccccc4C3c3ccccc31)c1cc(C(C)(C)C)cc3c4c(C(C)C)c5c(c(C(C)C)c4n2c13)c1cc(C(C)(C)C)cc2c3c4c(c(C#N)cc3n5c21)C1c2ccccc2C4c2ccccc21. The number of rotatable bonds is 2. The molecule has 4 bridgehead atoms. The Kier molecular flexibility index (Phi) is 8.23. The molecular formula is C74H58N4. The molecule has 13 aromatic rings. The van der Waals surface area contributed by atoms with Gasteiger partial charge in [-0.15, -0.1) is 0 Å². The van der Waals surface area contributed by atoms with Crippen molar-refractivity contribution in [3.05, 3.63) is 239 Å². The highest BCUT2D eigenvalue weighted by molar-refractivity contribution is 6.33. The molecule has 4 heterocycles. The smallest absolute Gasteiger partial charge is 0.193 e. The van der Waals surface area contributed by atoms with Crippen LogP contribution in [-0.2, 0) is 10.8 Å². The minimum Gasteiger partial charge on any atom is -0.309 e. The van der Waals surface area contributed by atoms with Crippen molar-refractivity contribution in [2.45, 2.75) is 116 Å². The van der Waals surface area contributed by atoms with Gasteiger partial charge in [0.25, 0.3) is 0 Å². The second-order valence-electron chi connectivity index (χ2n) is 26.3. The van der Waals surface area contributed by atoms with Crippen LogP contribution in [0.4, 0.5) is 5.69 Å². The lowest BCUT2D eigenvalue weighted by Gasteiger charge is -2.43. The summed E-state index contributed by atoms with van der Waals surface area (Å²) in [6.07, 6.45) is 0. The maximum absolute atomic E-state index is 11.6. The highest BCUT2D eigenvalue weighted by Gasteiger charge is 2.47. The van der Waals surface area contributed by atoms with Gasteiger partial charge >= 0.3 is 0 Å². The third-order valence-corrected chi connectivity index (χ3v) is 19.7. The van der Waals surface area contributed by atoms with E-state index in [4.69, 9.17) is 6.57 Å². The minimum atomic E-state index is -0.156. The molecule has 0 radical (unpaired) electrons. The van der Waals surface area contributed by atoms with Gasteiger partial charge in [0, 0.05) is 72.3 Å². The number of hydrogen-bond acceptors (Lipinski definition) is 1. The van der Waals surface area contributed by atoms with Crippen LogP contribution in [0.15, 0.2) is 133 Å². The second kappa shape index (κ2) is 14.4. The number of aromatic nitrogens is 2. The van der Waals surface area contributed by atoms with Crippen molar-refractivity contribution in [2.24, 2.45) is 0 Å². The molecule has 0 fully saturated rings. The Hall–Kier alpha value is -8.44. The van der Waals surface area contributed by atoms with Gasteiger partial charge in [0.2, 0.25) is 0 Å². The van der Waals surface area contributed by atoms with E-state index in [9.17, 15) is 5.26 Å². The minimum absolute atomic E-state index is 0.000396. The molecule has 0 saturated heterocycles. The lowest BCUT2D eigenvalue weighted by molar-refractivity contribution is 0.591. The summed E-state index contributed by atoms with van der Waals surface area (Å²) in [7, 11) is 0. The molecule has 0 unspecified atom stereocenters. The molecule has 4 aromatic heterocycles. The van der Waals surface area contributed by atoms with Gasteiger partial charge in [-0.05, 0) is 148 Å². The van der Waals surface area contributed by atoms with Crippen LogP contribution in [0.2, 0.25) is 0 Å². The van der Waals surface area contributed by atoms with Crippen LogP contribution in [0.3, 0.4) is 0 Å². The van der Waals surface area contributed by atoms with E-state index in [1.165, 1.54) is 154 Å². The van der Waals surface area contributed by atoms with Crippen molar-refractivity contribution in [2.75, 3.05) is 0 Å². The number of benzene rings is 9. The highest BCUT2D eigenvalue weighted by atomic mass is 15.0. The molecule has 0 spiro atoms. The molecule has 0 N–H and O–H groups in total. The number of hydrogen-bond donors (Lipinski definition) is 0. The van der Waals surface area contributed by atoms with E-state index in [1.54, 1.807) is 0 Å². The quantitative estimate of drug-likeness (QED) is 0.159. The Bertz CT molecular complexity index is 4630. The fourth-order valence-corrected chi connectivity index (χ4v) is 16.8. The van der Waals surface area contributed by atoms with E-state index in [1.807, 2.05) is 0 Å². The van der Waals surface area contributed by atoms with Gasteiger partial charge < -0.3 is 8.80 Å². The molecule has 9 aromatic carbocycles. The van der Waals surface area contributed by atoms with Crippen LogP contribution < -0.4 is 0 Å². The molecule has 4 nitrogen and oxygen atoms in total. The zero-order valence-electron chi connectivity index (χ0n) is 46.0. The van der Waals surface area contributed by atoms with Gasteiger partial charge in [-0.2, -0.15) is 5.26 Å². The zero-order chi connectivity index (χ0) is 53.1. The summed E-state index contributed by atoms with van der Waals surface area (Å²) >= 11 is 0. The Morgan fingerprint density at radius 1 is 0.436 bits per heavy atom. The summed E-state index contributed by atoms with van der Waals surface area (Å²) in [6.45, 7) is 32.9. The number of fused-ring (bicyclic) bond motifs is 12. The van der Waals surface area contributed by atoms with Crippen molar-refractivity contribution < 1.29 is 0 Å². The van der Waals surface area contributed by atoms with E-state index in [-0.39, 0.29) is 46.3 Å². The maximum atomic E-state index is 11.6. The molecule has 6 aliphatic carbocycles. The molecule has 0 amide bonds. The first kappa shape index (κ1) is 44.7. The van der Waals surface area contributed by atoms with Crippen LogP contribution in [0, 0.1) is 17.9 Å². The Balaban J connectivity index is 1.11. The van der Waals surface area contributed by atoms with Crippen LogP contribution in [-0.4, -0.2) is 8.80 Å². The van der Waals surface area contributed by atoms with Crippen LogP contribution >= 0.6 is 0 Å². The fourth-order valence-electron chi connectivity index (χ4n) is 16.8. The number of nitriles is 1. The summed E-state index contributed by atoms with van der Waals surface area (Å²) in [5.41, 5.74) is 29.6. The Morgan fingerprint density at radius 2 is 0.756 bits per heavy atom. The largest absolute Gasteiger partial charge is 0.309 e. The molecule has 4 heteroatoms. The normalized spacial score (nSPS) is 18.1. The monoisotopic (exact) mass is 1000 g/mol. The van der Waals surface area contributed by atoms with Gasteiger partial charge in [0.15, 0.2) is 5.69 Å². The van der Waals surface area contributed by atoms with E-state index < -0.39 is 0 Å². The van der Waals surface area contributed by atoms with E-state index in [2.05, 4.69) is 222 Å². The van der Waals surface area contributed by atoms with Crippen molar-refractivity contribution in [1.29, 1.82) is 5.26 Å². The summed E-state index contributed by atoms with van der Waals surface area (Å²) < 4.78 is 5.31. The third-order valence-electron chi connectivity index (χ3n) is 19.7. The van der Waals surface area contributed by atoms with Crippen molar-refractivity contribution >= 4 is 81.9 Å². The van der Waals surface area contributed by atoms with Crippen LogP contribution in [0.5, 0.6) is 0 Å². The van der Waals surface area contributed by atoms with E-state index >= 15 is 0 Å². The summed E-state index contributed by atoms with van der Waals surface area (Å²) in [5, 5.41) is 21.9. The van der Waals surface area contributed by atoms with E-state index in [0.29, 0.717) is 0 Å². The molecule has 6 aliphatic rings. The molecule has 78 heavy (non-hydrogen) atoms. The van der Waals surface area contributed by atoms with Crippen molar-refractivity contribution in [3.8, 4) is 6.07 Å². The van der Waals surface area contributed by atoms with Gasteiger partial charge in [-0.1, -0.05) is 166 Å². The first-order valence-electron chi connectivity index (χ1n) is 28.4.